The molecular weight excluding hydrogens is 440 g/mol. The summed E-state index contributed by atoms with van der Waals surface area (Å²) in [5.41, 5.74) is 1.91. The van der Waals surface area contributed by atoms with Gasteiger partial charge in [0.05, 0.1) is 6.54 Å². The van der Waals surface area contributed by atoms with Crippen LogP contribution in [0.1, 0.15) is 11.1 Å². The lowest BCUT2D eigenvalue weighted by atomic mass is 10.2. The van der Waals surface area contributed by atoms with Crippen molar-refractivity contribution in [2.24, 2.45) is 0 Å². The summed E-state index contributed by atoms with van der Waals surface area (Å²) in [6, 6.07) is 19.0. The van der Waals surface area contributed by atoms with E-state index in [0.717, 1.165) is 38.1 Å². The summed E-state index contributed by atoms with van der Waals surface area (Å²) >= 11 is 2.52. The molecule has 156 valence electrons. The molecule has 7 nitrogen and oxygen atoms in total. The van der Waals surface area contributed by atoms with Crippen LogP contribution in [0, 0.1) is 0 Å². The number of hydrogen-bond donors (Lipinski definition) is 1. The largest absolute Gasteiger partial charge is 0.300 e. The number of anilines is 1. The first-order valence-corrected chi connectivity index (χ1v) is 12.2. The SMILES string of the molecule is CN(CC(=O)Nc1nc(SCc2ccccc2)ns1)S(=O)(=O)C=Cc1ccccc1. The fourth-order valence-electron chi connectivity index (χ4n) is 2.33. The fraction of sp³-hybridized carbons (Fsp3) is 0.150. The lowest BCUT2D eigenvalue weighted by Crippen LogP contribution is -2.33. The van der Waals surface area contributed by atoms with Gasteiger partial charge in [0.25, 0.3) is 0 Å². The topological polar surface area (TPSA) is 92.3 Å². The Hall–Kier alpha value is -2.53. The number of sulfonamides is 1. The zero-order chi connectivity index (χ0) is 21.4. The van der Waals surface area contributed by atoms with E-state index in [2.05, 4.69) is 14.7 Å². The van der Waals surface area contributed by atoms with Gasteiger partial charge in [0.1, 0.15) is 0 Å². The predicted octanol–water partition coefficient (Wildman–Crippen LogP) is 3.70. The van der Waals surface area contributed by atoms with Crippen LogP contribution in [-0.4, -0.2) is 41.6 Å². The van der Waals surface area contributed by atoms with E-state index in [4.69, 9.17) is 0 Å². The molecule has 0 spiro atoms. The number of likely N-dealkylation sites (N-methyl/N-ethyl adjacent to an activating group) is 1. The van der Waals surface area contributed by atoms with E-state index in [1.807, 2.05) is 48.5 Å². The molecule has 0 aliphatic carbocycles. The van der Waals surface area contributed by atoms with Gasteiger partial charge in [0.2, 0.25) is 26.2 Å². The Labute approximate surface area is 184 Å². The minimum atomic E-state index is -3.72. The maximum atomic E-state index is 12.3. The number of carbonyl (C=O) groups is 1. The monoisotopic (exact) mass is 460 g/mol. The third-order valence-corrected chi connectivity index (χ3v) is 7.04. The minimum absolute atomic E-state index is 0.326. The average Bonchev–Trinajstić information content (AvgIpc) is 3.19. The Balaban J connectivity index is 1.51. The highest BCUT2D eigenvalue weighted by molar-refractivity contribution is 7.98. The highest BCUT2D eigenvalue weighted by atomic mass is 32.2. The summed E-state index contributed by atoms with van der Waals surface area (Å²) in [5, 5.41) is 4.58. The third-order valence-electron chi connectivity index (χ3n) is 3.90. The first-order chi connectivity index (χ1) is 14.4. The number of benzene rings is 2. The molecule has 0 bridgehead atoms. The Bertz CT molecular complexity index is 1100. The van der Waals surface area contributed by atoms with E-state index in [9.17, 15) is 13.2 Å². The van der Waals surface area contributed by atoms with Crippen molar-refractivity contribution in [2.45, 2.75) is 10.9 Å². The van der Waals surface area contributed by atoms with Crippen LogP contribution in [0.25, 0.3) is 6.08 Å². The van der Waals surface area contributed by atoms with Gasteiger partial charge in [-0.1, -0.05) is 72.4 Å². The van der Waals surface area contributed by atoms with Crippen molar-refractivity contribution in [1.29, 1.82) is 0 Å². The minimum Gasteiger partial charge on any atom is -0.300 e. The molecule has 30 heavy (non-hydrogen) atoms. The van der Waals surface area contributed by atoms with Crippen LogP contribution in [0.3, 0.4) is 0 Å². The Morgan fingerprint density at radius 1 is 1.13 bits per heavy atom. The number of carbonyl (C=O) groups excluding carboxylic acids is 1. The van der Waals surface area contributed by atoms with Crippen LogP contribution in [0.4, 0.5) is 5.13 Å². The van der Waals surface area contributed by atoms with Crippen molar-refractivity contribution < 1.29 is 13.2 Å². The van der Waals surface area contributed by atoms with Crippen molar-refractivity contribution in [3.63, 3.8) is 0 Å². The van der Waals surface area contributed by atoms with Crippen molar-refractivity contribution in [3.8, 4) is 0 Å². The van der Waals surface area contributed by atoms with E-state index in [1.54, 1.807) is 12.1 Å². The highest BCUT2D eigenvalue weighted by Gasteiger charge is 2.18. The first kappa shape index (κ1) is 22.2. The molecular formula is C20H20N4O3S3. The fourth-order valence-corrected chi connectivity index (χ4v) is 4.68. The molecule has 0 saturated carbocycles. The number of amides is 1. The van der Waals surface area contributed by atoms with Crippen LogP contribution in [0.5, 0.6) is 0 Å². The summed E-state index contributed by atoms with van der Waals surface area (Å²) in [4.78, 5) is 16.5. The highest BCUT2D eigenvalue weighted by Crippen LogP contribution is 2.23. The van der Waals surface area contributed by atoms with E-state index in [0.29, 0.717) is 10.3 Å². The summed E-state index contributed by atoms with van der Waals surface area (Å²) in [6.45, 7) is -0.326. The van der Waals surface area contributed by atoms with Gasteiger partial charge in [-0.05, 0) is 17.2 Å². The van der Waals surface area contributed by atoms with Crippen molar-refractivity contribution >= 4 is 50.4 Å². The zero-order valence-electron chi connectivity index (χ0n) is 16.1. The molecule has 0 radical (unpaired) electrons. The molecule has 2 aromatic carbocycles. The van der Waals surface area contributed by atoms with Crippen molar-refractivity contribution in [2.75, 3.05) is 18.9 Å². The second-order valence-corrected chi connectivity index (χ2v) is 9.84. The number of nitrogens with one attached hydrogen (secondary N) is 1. The van der Waals surface area contributed by atoms with Gasteiger partial charge in [-0.3, -0.25) is 10.1 Å². The first-order valence-electron chi connectivity index (χ1n) is 8.92. The standard InChI is InChI=1S/C20H20N4O3S3/c1-24(30(26,27)13-12-16-8-4-2-5-9-16)14-18(25)21-19-22-20(23-29-19)28-15-17-10-6-3-7-11-17/h2-13H,14-15H2,1H3,(H,21,22,23,25). The molecule has 0 fully saturated rings. The van der Waals surface area contributed by atoms with Gasteiger partial charge < -0.3 is 0 Å². The molecule has 0 aliphatic rings. The summed E-state index contributed by atoms with van der Waals surface area (Å²) in [5.74, 6) is 0.240. The lowest BCUT2D eigenvalue weighted by molar-refractivity contribution is -0.116. The van der Waals surface area contributed by atoms with E-state index >= 15 is 0 Å². The van der Waals surface area contributed by atoms with Gasteiger partial charge in [-0.15, -0.1) is 0 Å². The van der Waals surface area contributed by atoms with Gasteiger partial charge in [0, 0.05) is 29.7 Å². The molecule has 1 aromatic heterocycles. The van der Waals surface area contributed by atoms with E-state index in [1.165, 1.54) is 24.9 Å². The second-order valence-electron chi connectivity index (χ2n) is 6.22. The molecule has 1 heterocycles. The molecule has 10 heteroatoms. The van der Waals surface area contributed by atoms with E-state index in [-0.39, 0.29) is 6.54 Å². The Morgan fingerprint density at radius 3 is 2.50 bits per heavy atom. The average molecular weight is 461 g/mol. The molecule has 0 saturated heterocycles. The van der Waals surface area contributed by atoms with Crippen LogP contribution >= 0.6 is 23.3 Å². The number of aromatic nitrogens is 2. The van der Waals surface area contributed by atoms with Crippen LogP contribution in [0.2, 0.25) is 0 Å². The summed E-state index contributed by atoms with van der Waals surface area (Å²) < 4.78 is 29.9. The zero-order valence-corrected chi connectivity index (χ0v) is 18.6. The summed E-state index contributed by atoms with van der Waals surface area (Å²) in [7, 11) is -2.37. The molecule has 0 atom stereocenters. The molecule has 1 amide bonds. The normalized spacial score (nSPS) is 11.8. The van der Waals surface area contributed by atoms with E-state index < -0.39 is 15.9 Å². The molecule has 1 N–H and O–H groups in total. The second kappa shape index (κ2) is 10.5. The van der Waals surface area contributed by atoms with Crippen molar-refractivity contribution in [3.05, 3.63) is 77.2 Å². The van der Waals surface area contributed by atoms with Crippen LogP contribution in [-0.2, 0) is 20.6 Å². The predicted molar refractivity (Wildman–Crippen MR) is 122 cm³/mol. The van der Waals surface area contributed by atoms with Crippen LogP contribution < -0.4 is 5.32 Å². The van der Waals surface area contributed by atoms with Gasteiger partial charge in [0.15, 0.2) is 0 Å². The smallest absolute Gasteiger partial charge is 0.241 e. The maximum absolute atomic E-state index is 12.3. The number of hydrogen-bond acceptors (Lipinski definition) is 7. The van der Waals surface area contributed by atoms with Gasteiger partial charge in [-0.2, -0.15) is 13.7 Å². The molecule has 0 aliphatic heterocycles. The van der Waals surface area contributed by atoms with Gasteiger partial charge in [-0.25, -0.2) is 8.42 Å². The molecule has 3 rings (SSSR count). The Morgan fingerprint density at radius 2 is 1.80 bits per heavy atom. The van der Waals surface area contributed by atoms with Gasteiger partial charge >= 0.3 is 0 Å². The number of nitrogens with zero attached hydrogens (tertiary/aromatic N) is 3. The molecule has 3 aromatic rings. The molecule has 0 unspecified atom stereocenters. The summed E-state index contributed by atoms with van der Waals surface area (Å²) in [6.07, 6.45) is 1.49. The van der Waals surface area contributed by atoms with Crippen molar-refractivity contribution in [1.82, 2.24) is 13.7 Å². The Kier molecular flexibility index (Phi) is 7.75. The lowest BCUT2D eigenvalue weighted by Gasteiger charge is -2.13. The third kappa shape index (κ3) is 6.77. The number of thioether (sulfide) groups is 1. The maximum Gasteiger partial charge on any atom is 0.241 e. The quantitative estimate of drug-likeness (QED) is 0.490. The van der Waals surface area contributed by atoms with Crippen LogP contribution in [0.15, 0.2) is 71.2 Å². The number of rotatable bonds is 9.